The van der Waals surface area contributed by atoms with Crippen molar-refractivity contribution in [3.05, 3.63) is 0 Å². The van der Waals surface area contributed by atoms with Gasteiger partial charge < -0.3 is 20.3 Å². The van der Waals surface area contributed by atoms with Crippen LogP contribution < -0.4 is 5.32 Å². The third-order valence-corrected chi connectivity index (χ3v) is 2.79. The highest BCUT2D eigenvalue weighted by Gasteiger charge is 2.32. The molecule has 0 spiro atoms. The lowest BCUT2D eigenvalue weighted by Gasteiger charge is -2.27. The predicted octanol–water partition coefficient (Wildman–Crippen LogP) is 0.215. The van der Waals surface area contributed by atoms with Gasteiger partial charge in [-0.3, -0.25) is 9.59 Å². The number of amides is 1. The van der Waals surface area contributed by atoms with Crippen LogP contribution in [0.15, 0.2) is 0 Å². The lowest BCUT2D eigenvalue weighted by atomic mass is 9.87. The number of esters is 1. The van der Waals surface area contributed by atoms with Crippen molar-refractivity contribution in [1.82, 2.24) is 5.32 Å². The number of rotatable bonds is 9. The molecule has 0 saturated carbocycles. The van der Waals surface area contributed by atoms with Crippen LogP contribution in [-0.4, -0.2) is 48.0 Å². The summed E-state index contributed by atoms with van der Waals surface area (Å²) >= 11 is 0. The molecule has 6 nitrogen and oxygen atoms in total. The average Bonchev–Trinajstić information content (AvgIpc) is 2.38. The van der Waals surface area contributed by atoms with E-state index in [4.69, 9.17) is 9.84 Å². The van der Waals surface area contributed by atoms with E-state index in [0.717, 1.165) is 12.8 Å². The maximum atomic E-state index is 11.6. The molecule has 6 heteroatoms. The summed E-state index contributed by atoms with van der Waals surface area (Å²) in [4.78, 5) is 22.8. The SMILES string of the molecule is CCCCOC(=O)CCNC(=O)C(O)C(C)(C)CO. The molecule has 1 amide bonds. The molecular formula is C13H25NO5. The van der Waals surface area contributed by atoms with E-state index in [0.29, 0.717) is 6.61 Å². The first-order valence-corrected chi connectivity index (χ1v) is 6.57. The monoisotopic (exact) mass is 275 g/mol. The molecule has 0 aliphatic rings. The van der Waals surface area contributed by atoms with Crippen LogP contribution >= 0.6 is 0 Å². The maximum Gasteiger partial charge on any atom is 0.307 e. The van der Waals surface area contributed by atoms with Gasteiger partial charge in [-0.05, 0) is 6.42 Å². The summed E-state index contributed by atoms with van der Waals surface area (Å²) in [6.07, 6.45) is 0.531. The van der Waals surface area contributed by atoms with Gasteiger partial charge in [-0.25, -0.2) is 0 Å². The maximum absolute atomic E-state index is 11.6. The van der Waals surface area contributed by atoms with Crippen LogP contribution in [-0.2, 0) is 14.3 Å². The highest BCUT2D eigenvalue weighted by Crippen LogP contribution is 2.19. The van der Waals surface area contributed by atoms with Gasteiger partial charge in [0.05, 0.1) is 19.6 Å². The van der Waals surface area contributed by atoms with Crippen molar-refractivity contribution in [2.45, 2.75) is 46.1 Å². The fourth-order valence-corrected chi connectivity index (χ4v) is 1.23. The zero-order valence-corrected chi connectivity index (χ0v) is 11.9. The van der Waals surface area contributed by atoms with Gasteiger partial charge in [0, 0.05) is 12.0 Å². The van der Waals surface area contributed by atoms with Crippen molar-refractivity contribution < 1.29 is 24.5 Å². The van der Waals surface area contributed by atoms with Crippen LogP contribution in [0.5, 0.6) is 0 Å². The van der Waals surface area contributed by atoms with Crippen molar-refractivity contribution in [3.8, 4) is 0 Å². The first kappa shape index (κ1) is 17.9. The molecule has 0 aromatic heterocycles. The Morgan fingerprint density at radius 1 is 1.37 bits per heavy atom. The molecule has 3 N–H and O–H groups in total. The Balaban J connectivity index is 3.88. The molecule has 0 radical (unpaired) electrons. The Bertz CT molecular complexity index is 291. The van der Waals surface area contributed by atoms with Gasteiger partial charge in [-0.1, -0.05) is 27.2 Å². The lowest BCUT2D eigenvalue weighted by molar-refractivity contribution is -0.144. The summed E-state index contributed by atoms with van der Waals surface area (Å²) in [6, 6.07) is 0. The van der Waals surface area contributed by atoms with Crippen LogP contribution in [0.2, 0.25) is 0 Å². The molecule has 0 fully saturated rings. The molecule has 1 unspecified atom stereocenters. The number of ether oxygens (including phenoxy) is 1. The van der Waals surface area contributed by atoms with E-state index in [2.05, 4.69) is 5.32 Å². The molecule has 0 saturated heterocycles. The summed E-state index contributed by atoms with van der Waals surface area (Å²) in [5.41, 5.74) is -0.911. The van der Waals surface area contributed by atoms with Crippen molar-refractivity contribution in [3.63, 3.8) is 0 Å². The quantitative estimate of drug-likeness (QED) is 0.413. The zero-order chi connectivity index (χ0) is 14.9. The van der Waals surface area contributed by atoms with Crippen molar-refractivity contribution in [2.75, 3.05) is 19.8 Å². The molecule has 0 rings (SSSR count). The normalized spacial score (nSPS) is 12.9. The van der Waals surface area contributed by atoms with E-state index in [9.17, 15) is 14.7 Å². The molecule has 19 heavy (non-hydrogen) atoms. The zero-order valence-electron chi connectivity index (χ0n) is 11.9. The predicted molar refractivity (Wildman–Crippen MR) is 70.4 cm³/mol. The van der Waals surface area contributed by atoms with Gasteiger partial charge in [0.25, 0.3) is 0 Å². The molecule has 1 atom stereocenters. The van der Waals surface area contributed by atoms with Gasteiger partial charge in [-0.15, -0.1) is 0 Å². The van der Waals surface area contributed by atoms with E-state index in [1.54, 1.807) is 13.8 Å². The third kappa shape index (κ3) is 7.12. The number of unbranched alkanes of at least 4 members (excludes halogenated alkanes) is 1. The van der Waals surface area contributed by atoms with E-state index in [1.165, 1.54) is 0 Å². The largest absolute Gasteiger partial charge is 0.466 e. The Hall–Kier alpha value is -1.14. The standard InChI is InChI=1S/C13H25NO5/c1-4-5-8-19-10(16)6-7-14-12(18)11(17)13(2,3)9-15/h11,15,17H,4-9H2,1-3H3,(H,14,18). The second kappa shape index (κ2) is 8.87. The molecule has 0 aliphatic carbocycles. The summed E-state index contributed by atoms with van der Waals surface area (Å²) in [5, 5.41) is 21.2. The van der Waals surface area contributed by atoms with E-state index in [-0.39, 0.29) is 25.5 Å². The van der Waals surface area contributed by atoms with Crippen LogP contribution in [0.1, 0.15) is 40.0 Å². The number of hydrogen-bond acceptors (Lipinski definition) is 5. The number of aliphatic hydroxyl groups excluding tert-OH is 2. The Morgan fingerprint density at radius 3 is 2.53 bits per heavy atom. The molecule has 0 aromatic rings. The van der Waals surface area contributed by atoms with Crippen molar-refractivity contribution in [2.24, 2.45) is 5.41 Å². The molecule has 0 bridgehead atoms. The second-order valence-electron chi connectivity index (χ2n) is 5.16. The average molecular weight is 275 g/mol. The van der Waals surface area contributed by atoms with Crippen LogP contribution in [0.4, 0.5) is 0 Å². The molecule has 0 aliphatic heterocycles. The van der Waals surface area contributed by atoms with Gasteiger partial charge in [0.2, 0.25) is 5.91 Å². The summed E-state index contributed by atoms with van der Waals surface area (Å²) in [7, 11) is 0. The first-order chi connectivity index (χ1) is 8.85. The van der Waals surface area contributed by atoms with Crippen LogP contribution in [0.3, 0.4) is 0 Å². The minimum Gasteiger partial charge on any atom is -0.466 e. The Labute approximate surface area is 114 Å². The fraction of sp³-hybridized carbons (Fsp3) is 0.846. The third-order valence-electron chi connectivity index (χ3n) is 2.79. The minimum atomic E-state index is -1.31. The van der Waals surface area contributed by atoms with E-state index in [1.807, 2.05) is 6.92 Å². The number of hydrogen-bond donors (Lipinski definition) is 3. The highest BCUT2D eigenvalue weighted by molar-refractivity contribution is 5.81. The number of nitrogens with one attached hydrogen (secondary N) is 1. The minimum absolute atomic E-state index is 0.0712. The molecule has 0 aromatic carbocycles. The molecule has 0 heterocycles. The van der Waals surface area contributed by atoms with Gasteiger partial charge in [-0.2, -0.15) is 0 Å². The second-order valence-corrected chi connectivity index (χ2v) is 5.16. The van der Waals surface area contributed by atoms with Crippen LogP contribution in [0, 0.1) is 5.41 Å². The van der Waals surface area contributed by atoms with Gasteiger partial charge in [0.1, 0.15) is 6.10 Å². The van der Waals surface area contributed by atoms with Crippen LogP contribution in [0.25, 0.3) is 0 Å². The fourth-order valence-electron chi connectivity index (χ4n) is 1.23. The van der Waals surface area contributed by atoms with E-state index >= 15 is 0 Å². The molecule has 112 valence electrons. The smallest absolute Gasteiger partial charge is 0.307 e. The first-order valence-electron chi connectivity index (χ1n) is 6.57. The van der Waals surface area contributed by atoms with Gasteiger partial charge >= 0.3 is 5.97 Å². The van der Waals surface area contributed by atoms with E-state index < -0.39 is 17.4 Å². The summed E-state index contributed by atoms with van der Waals surface area (Å²) in [5.74, 6) is -0.968. The van der Waals surface area contributed by atoms with Gasteiger partial charge in [0.15, 0.2) is 0 Å². The molecular weight excluding hydrogens is 250 g/mol. The highest BCUT2D eigenvalue weighted by atomic mass is 16.5. The number of carbonyl (C=O) groups is 2. The number of aliphatic hydroxyl groups is 2. The van der Waals surface area contributed by atoms with Crippen molar-refractivity contribution in [1.29, 1.82) is 0 Å². The number of carbonyl (C=O) groups excluding carboxylic acids is 2. The summed E-state index contributed by atoms with van der Waals surface area (Å²) < 4.78 is 4.92. The summed E-state index contributed by atoms with van der Waals surface area (Å²) in [6.45, 7) is 5.36. The Morgan fingerprint density at radius 2 is 2.00 bits per heavy atom. The topological polar surface area (TPSA) is 95.9 Å². The Kier molecular flexibility index (Phi) is 8.34. The lowest BCUT2D eigenvalue weighted by Crippen LogP contribution is -2.46. The van der Waals surface area contributed by atoms with Crippen molar-refractivity contribution >= 4 is 11.9 Å².